The predicted octanol–water partition coefficient (Wildman–Crippen LogP) is 4.16. The average Bonchev–Trinajstić information content (AvgIpc) is 3.10. The van der Waals surface area contributed by atoms with Crippen LogP contribution in [0, 0.1) is 5.82 Å². The molecular weight excluding hydrogens is 331 g/mol. The molecule has 0 amide bonds. The molecule has 2 N–H and O–H groups in total. The summed E-state index contributed by atoms with van der Waals surface area (Å²) in [4.78, 5) is 8.72. The molecule has 26 heavy (non-hydrogen) atoms. The van der Waals surface area contributed by atoms with Gasteiger partial charge in [0.15, 0.2) is 5.96 Å². The molecule has 1 aromatic carbocycles. The van der Waals surface area contributed by atoms with Crippen LogP contribution < -0.4 is 10.6 Å². The summed E-state index contributed by atoms with van der Waals surface area (Å²) < 4.78 is 18.5. The van der Waals surface area contributed by atoms with Gasteiger partial charge in [0.25, 0.3) is 0 Å². The zero-order valence-corrected chi connectivity index (χ0v) is 15.9. The van der Waals surface area contributed by atoms with Gasteiger partial charge in [-0.05, 0) is 37.6 Å². The third-order valence-electron chi connectivity index (χ3n) is 4.16. The quantitative estimate of drug-likeness (QED) is 0.400. The van der Waals surface area contributed by atoms with Crippen LogP contribution >= 0.6 is 0 Å². The number of benzene rings is 1. The summed E-state index contributed by atoms with van der Waals surface area (Å²) in [6, 6.07) is 6.52. The molecule has 1 aromatic heterocycles. The Balaban J connectivity index is 1.77. The molecule has 1 atom stereocenters. The second-order valence-electron chi connectivity index (χ2n) is 6.44. The number of nitrogens with zero attached hydrogens (tertiary/aromatic N) is 2. The highest BCUT2D eigenvalue weighted by Crippen LogP contribution is 2.18. The lowest BCUT2D eigenvalue weighted by Crippen LogP contribution is -2.42. The SMILES string of the molecule is CCCCCC(C)NC(=NC)NCCc1coc(-c2ccc(F)cc2)n1. The number of oxazole rings is 1. The summed E-state index contributed by atoms with van der Waals surface area (Å²) in [5.74, 6) is 1.04. The minimum absolute atomic E-state index is 0.271. The predicted molar refractivity (Wildman–Crippen MR) is 104 cm³/mol. The van der Waals surface area contributed by atoms with Gasteiger partial charge in [0.2, 0.25) is 5.89 Å². The van der Waals surface area contributed by atoms with Crippen LogP contribution in [0.5, 0.6) is 0 Å². The molecule has 0 saturated heterocycles. The number of halogens is 1. The monoisotopic (exact) mass is 360 g/mol. The zero-order valence-electron chi connectivity index (χ0n) is 15.9. The molecule has 0 saturated carbocycles. The summed E-state index contributed by atoms with van der Waals surface area (Å²) in [5, 5.41) is 6.71. The van der Waals surface area contributed by atoms with E-state index in [9.17, 15) is 4.39 Å². The van der Waals surface area contributed by atoms with Crippen molar-refractivity contribution in [2.75, 3.05) is 13.6 Å². The Morgan fingerprint density at radius 1 is 1.27 bits per heavy atom. The molecule has 0 radical (unpaired) electrons. The van der Waals surface area contributed by atoms with Crippen LogP contribution in [-0.2, 0) is 6.42 Å². The third kappa shape index (κ3) is 6.50. The molecule has 0 bridgehead atoms. The van der Waals surface area contributed by atoms with E-state index in [2.05, 4.69) is 34.5 Å². The van der Waals surface area contributed by atoms with E-state index in [1.165, 1.54) is 31.4 Å². The molecule has 1 unspecified atom stereocenters. The Morgan fingerprint density at radius 3 is 2.73 bits per heavy atom. The molecule has 2 aromatic rings. The minimum Gasteiger partial charge on any atom is -0.444 e. The van der Waals surface area contributed by atoms with Gasteiger partial charge in [0.1, 0.15) is 12.1 Å². The number of aromatic nitrogens is 1. The number of nitrogens with one attached hydrogen (secondary N) is 2. The molecule has 0 aliphatic rings. The summed E-state index contributed by atoms with van der Waals surface area (Å²) in [7, 11) is 1.77. The van der Waals surface area contributed by atoms with Gasteiger partial charge in [-0.2, -0.15) is 0 Å². The van der Waals surface area contributed by atoms with Crippen molar-refractivity contribution in [3.63, 3.8) is 0 Å². The molecule has 2 rings (SSSR count). The lowest BCUT2D eigenvalue weighted by atomic mass is 10.1. The van der Waals surface area contributed by atoms with Crippen molar-refractivity contribution in [3.8, 4) is 11.5 Å². The van der Waals surface area contributed by atoms with Gasteiger partial charge < -0.3 is 15.1 Å². The van der Waals surface area contributed by atoms with Crippen molar-refractivity contribution >= 4 is 5.96 Å². The van der Waals surface area contributed by atoms with E-state index >= 15 is 0 Å². The molecular formula is C20H29FN4O. The first-order valence-electron chi connectivity index (χ1n) is 9.30. The van der Waals surface area contributed by atoms with Crippen molar-refractivity contribution < 1.29 is 8.81 Å². The lowest BCUT2D eigenvalue weighted by Gasteiger charge is -2.17. The molecule has 0 spiro atoms. The summed E-state index contributed by atoms with van der Waals surface area (Å²) in [5.41, 5.74) is 1.62. The van der Waals surface area contributed by atoms with Crippen LogP contribution in [0.1, 0.15) is 45.2 Å². The van der Waals surface area contributed by atoms with E-state index in [1.54, 1.807) is 25.4 Å². The van der Waals surface area contributed by atoms with Crippen molar-refractivity contribution in [3.05, 3.63) is 42.0 Å². The summed E-state index contributed by atoms with van der Waals surface area (Å²) >= 11 is 0. The number of rotatable bonds is 9. The fourth-order valence-corrected chi connectivity index (χ4v) is 2.66. The third-order valence-corrected chi connectivity index (χ3v) is 4.16. The minimum atomic E-state index is -0.271. The Bertz CT molecular complexity index is 681. The van der Waals surface area contributed by atoms with Gasteiger partial charge in [-0.1, -0.05) is 26.2 Å². The molecule has 0 aliphatic heterocycles. The highest BCUT2D eigenvalue weighted by molar-refractivity contribution is 5.79. The van der Waals surface area contributed by atoms with Crippen LogP contribution in [-0.4, -0.2) is 30.6 Å². The largest absolute Gasteiger partial charge is 0.444 e. The smallest absolute Gasteiger partial charge is 0.226 e. The van der Waals surface area contributed by atoms with Gasteiger partial charge in [-0.3, -0.25) is 4.99 Å². The van der Waals surface area contributed by atoms with E-state index in [-0.39, 0.29) is 5.82 Å². The molecule has 6 heteroatoms. The highest BCUT2D eigenvalue weighted by Gasteiger charge is 2.08. The van der Waals surface area contributed by atoms with E-state index in [1.807, 2.05) is 0 Å². The fraction of sp³-hybridized carbons (Fsp3) is 0.500. The van der Waals surface area contributed by atoms with Crippen molar-refractivity contribution in [1.29, 1.82) is 0 Å². The number of unbranched alkanes of at least 4 members (excludes halogenated alkanes) is 2. The van der Waals surface area contributed by atoms with Crippen LogP contribution in [0.25, 0.3) is 11.5 Å². The van der Waals surface area contributed by atoms with Gasteiger partial charge >= 0.3 is 0 Å². The molecule has 5 nitrogen and oxygen atoms in total. The Labute approximate surface area is 155 Å². The molecule has 142 valence electrons. The van der Waals surface area contributed by atoms with Crippen molar-refractivity contribution in [2.45, 2.75) is 52.0 Å². The second kappa shape index (κ2) is 10.6. The lowest BCUT2D eigenvalue weighted by molar-refractivity contribution is 0.546. The maximum Gasteiger partial charge on any atom is 0.226 e. The Hall–Kier alpha value is -2.37. The first kappa shape index (κ1) is 19.9. The summed E-state index contributed by atoms with van der Waals surface area (Å²) in [6.45, 7) is 5.09. The standard InChI is InChI=1S/C20H29FN4O/c1-4-5-6-7-15(2)24-20(22-3)23-13-12-18-14-26-19(25-18)16-8-10-17(21)11-9-16/h8-11,14-15H,4-7,12-13H2,1-3H3,(H2,22,23,24). The number of guanidine groups is 1. The second-order valence-corrected chi connectivity index (χ2v) is 6.44. The van der Waals surface area contributed by atoms with Crippen LogP contribution in [0.4, 0.5) is 4.39 Å². The Kier molecular flexibility index (Phi) is 8.12. The van der Waals surface area contributed by atoms with Gasteiger partial charge in [0.05, 0.1) is 5.69 Å². The van der Waals surface area contributed by atoms with Crippen LogP contribution in [0.3, 0.4) is 0 Å². The van der Waals surface area contributed by atoms with Crippen molar-refractivity contribution in [2.24, 2.45) is 4.99 Å². The topological polar surface area (TPSA) is 62.5 Å². The Morgan fingerprint density at radius 2 is 2.04 bits per heavy atom. The number of hydrogen-bond acceptors (Lipinski definition) is 3. The van der Waals surface area contributed by atoms with Crippen molar-refractivity contribution in [1.82, 2.24) is 15.6 Å². The molecule has 0 aliphatic carbocycles. The number of aliphatic imine (C=N–C) groups is 1. The van der Waals surface area contributed by atoms with Gasteiger partial charge in [0, 0.05) is 31.6 Å². The summed E-state index contributed by atoms with van der Waals surface area (Å²) in [6.07, 6.45) is 7.23. The zero-order chi connectivity index (χ0) is 18.8. The van der Waals surface area contributed by atoms with Crippen LogP contribution in [0.15, 0.2) is 39.9 Å². The average molecular weight is 360 g/mol. The van der Waals surface area contributed by atoms with E-state index in [0.29, 0.717) is 18.5 Å². The number of hydrogen-bond donors (Lipinski definition) is 2. The highest BCUT2D eigenvalue weighted by atomic mass is 19.1. The molecule has 0 fully saturated rings. The first-order chi connectivity index (χ1) is 12.6. The maximum absolute atomic E-state index is 13.0. The van der Waals surface area contributed by atoms with Crippen LogP contribution in [0.2, 0.25) is 0 Å². The van der Waals surface area contributed by atoms with Gasteiger partial charge in [-0.15, -0.1) is 0 Å². The van der Waals surface area contributed by atoms with E-state index < -0.39 is 0 Å². The van der Waals surface area contributed by atoms with E-state index in [0.717, 1.165) is 30.1 Å². The normalized spacial score (nSPS) is 12.8. The first-order valence-corrected chi connectivity index (χ1v) is 9.30. The molecule has 1 heterocycles. The maximum atomic E-state index is 13.0. The fourth-order valence-electron chi connectivity index (χ4n) is 2.66. The van der Waals surface area contributed by atoms with Gasteiger partial charge in [-0.25, -0.2) is 9.37 Å². The van der Waals surface area contributed by atoms with E-state index in [4.69, 9.17) is 4.42 Å².